The predicted molar refractivity (Wildman–Crippen MR) is 122 cm³/mol. The van der Waals surface area contributed by atoms with E-state index in [4.69, 9.17) is 9.47 Å². The molecule has 0 saturated carbocycles. The molecule has 1 unspecified atom stereocenters. The summed E-state index contributed by atoms with van der Waals surface area (Å²) in [7, 11) is 1.69. The number of nitrogens with one attached hydrogen (secondary N) is 2. The molecule has 0 bridgehead atoms. The highest BCUT2D eigenvalue weighted by Crippen LogP contribution is 2.18. The molecule has 0 aliphatic carbocycles. The average Bonchev–Trinajstić information content (AvgIpc) is 2.60. The van der Waals surface area contributed by atoms with Gasteiger partial charge in [-0.25, -0.2) is 0 Å². The second-order valence-corrected chi connectivity index (χ2v) is 6.79. The lowest BCUT2D eigenvalue weighted by atomic mass is 10.1. The van der Waals surface area contributed by atoms with Crippen molar-refractivity contribution in [2.24, 2.45) is 10.9 Å². The zero-order valence-electron chi connectivity index (χ0n) is 17.2. The van der Waals surface area contributed by atoms with E-state index in [0.717, 1.165) is 30.8 Å². The zero-order chi connectivity index (χ0) is 19.4. The fraction of sp³-hybridized carbons (Fsp3) is 0.650. The van der Waals surface area contributed by atoms with Gasteiger partial charge in [0, 0.05) is 19.7 Å². The molecule has 156 valence electrons. The maximum atomic E-state index is 9.96. The van der Waals surface area contributed by atoms with Crippen LogP contribution < -0.4 is 15.4 Å². The summed E-state index contributed by atoms with van der Waals surface area (Å²) in [6.45, 7) is 11.0. The lowest BCUT2D eigenvalue weighted by Gasteiger charge is -2.14. The van der Waals surface area contributed by atoms with E-state index in [1.54, 1.807) is 7.11 Å². The largest absolute Gasteiger partial charge is 0.496 e. The van der Waals surface area contributed by atoms with Crippen molar-refractivity contribution in [3.8, 4) is 5.75 Å². The molecule has 0 fully saturated rings. The van der Waals surface area contributed by atoms with Crippen LogP contribution in [0.5, 0.6) is 5.75 Å². The Morgan fingerprint density at radius 2 is 1.96 bits per heavy atom. The smallest absolute Gasteiger partial charge is 0.191 e. The first-order valence-corrected chi connectivity index (χ1v) is 9.37. The highest BCUT2D eigenvalue weighted by atomic mass is 127. The lowest BCUT2D eigenvalue weighted by molar-refractivity contribution is 0.0301. The molecule has 1 aromatic carbocycles. The van der Waals surface area contributed by atoms with E-state index < -0.39 is 6.10 Å². The van der Waals surface area contributed by atoms with Gasteiger partial charge >= 0.3 is 0 Å². The van der Waals surface area contributed by atoms with Crippen molar-refractivity contribution in [3.05, 3.63) is 29.3 Å². The van der Waals surface area contributed by atoms with Crippen molar-refractivity contribution in [2.75, 3.05) is 40.0 Å². The fourth-order valence-electron chi connectivity index (χ4n) is 2.38. The number of methoxy groups -OCH3 is 1. The molecule has 6 nitrogen and oxygen atoms in total. The van der Waals surface area contributed by atoms with Crippen LogP contribution in [-0.2, 0) is 11.2 Å². The number of aliphatic imine (C=N–C) groups is 1. The summed E-state index contributed by atoms with van der Waals surface area (Å²) >= 11 is 0. The van der Waals surface area contributed by atoms with Gasteiger partial charge < -0.3 is 25.2 Å². The quantitative estimate of drug-likeness (QED) is 0.251. The van der Waals surface area contributed by atoms with Crippen LogP contribution in [0.4, 0.5) is 0 Å². The number of guanidine groups is 1. The molecule has 0 spiro atoms. The van der Waals surface area contributed by atoms with Crippen LogP contribution in [0.2, 0.25) is 0 Å². The van der Waals surface area contributed by atoms with Crippen LogP contribution >= 0.6 is 24.0 Å². The molecule has 3 N–H and O–H groups in total. The molecule has 1 atom stereocenters. The maximum absolute atomic E-state index is 9.96. The van der Waals surface area contributed by atoms with Crippen LogP contribution in [0, 0.1) is 12.8 Å². The molecule has 0 heterocycles. The minimum absolute atomic E-state index is 0. The number of aryl methyl sites for hydroxylation is 1. The SMILES string of the molecule is CCNC(=NCC(O)COCC(C)C)NCCc1ccc(C)c(OC)c1.I. The molecule has 0 aromatic heterocycles. The first kappa shape index (κ1) is 25.9. The first-order valence-electron chi connectivity index (χ1n) is 9.37. The molecular weight excluding hydrogens is 457 g/mol. The van der Waals surface area contributed by atoms with Crippen molar-refractivity contribution in [1.82, 2.24) is 10.6 Å². The summed E-state index contributed by atoms with van der Waals surface area (Å²) in [5, 5.41) is 16.5. The highest BCUT2D eigenvalue weighted by molar-refractivity contribution is 14.0. The lowest BCUT2D eigenvalue weighted by Crippen LogP contribution is -2.39. The Kier molecular flexibility index (Phi) is 14.3. The van der Waals surface area contributed by atoms with Gasteiger partial charge in [-0.15, -0.1) is 24.0 Å². The molecule has 0 radical (unpaired) electrons. The van der Waals surface area contributed by atoms with Crippen LogP contribution in [0.3, 0.4) is 0 Å². The van der Waals surface area contributed by atoms with Gasteiger partial charge in [0.2, 0.25) is 0 Å². The van der Waals surface area contributed by atoms with E-state index in [2.05, 4.69) is 47.7 Å². The molecule has 0 aliphatic heterocycles. The van der Waals surface area contributed by atoms with Crippen LogP contribution in [-0.4, -0.2) is 57.1 Å². The van der Waals surface area contributed by atoms with Gasteiger partial charge in [0.1, 0.15) is 5.75 Å². The van der Waals surface area contributed by atoms with Crippen molar-refractivity contribution < 1.29 is 14.6 Å². The summed E-state index contributed by atoms with van der Waals surface area (Å²) in [5.74, 6) is 2.08. The molecule has 0 amide bonds. The summed E-state index contributed by atoms with van der Waals surface area (Å²) in [5.41, 5.74) is 2.34. The van der Waals surface area contributed by atoms with Crippen LogP contribution in [0.25, 0.3) is 0 Å². The second-order valence-electron chi connectivity index (χ2n) is 6.79. The van der Waals surface area contributed by atoms with Gasteiger partial charge in [0.05, 0.1) is 26.4 Å². The number of aliphatic hydroxyl groups is 1. The number of halogens is 1. The second kappa shape index (κ2) is 14.9. The van der Waals surface area contributed by atoms with E-state index in [1.807, 2.05) is 13.8 Å². The normalized spacial score (nSPS) is 12.5. The number of ether oxygens (including phenoxy) is 2. The minimum atomic E-state index is -0.592. The Balaban J connectivity index is 0.00000676. The van der Waals surface area contributed by atoms with Crippen molar-refractivity contribution >= 4 is 29.9 Å². The standard InChI is InChI=1S/C20H35N3O3.HI/c1-6-21-20(23-12-18(24)14-26-13-15(2)3)22-10-9-17-8-7-16(4)19(11-17)25-5;/h7-8,11,15,18,24H,6,9-10,12-14H2,1-5H3,(H2,21,22,23);1H. The molecule has 0 aliphatic rings. The maximum Gasteiger partial charge on any atom is 0.191 e. The monoisotopic (exact) mass is 493 g/mol. The van der Waals surface area contributed by atoms with Gasteiger partial charge in [-0.2, -0.15) is 0 Å². The van der Waals surface area contributed by atoms with Gasteiger partial charge in [-0.3, -0.25) is 4.99 Å². The molecule has 7 heteroatoms. The summed E-state index contributed by atoms with van der Waals surface area (Å²) in [6.07, 6.45) is 0.270. The van der Waals surface area contributed by atoms with Crippen molar-refractivity contribution in [1.29, 1.82) is 0 Å². The van der Waals surface area contributed by atoms with E-state index in [1.165, 1.54) is 5.56 Å². The third-order valence-corrected chi connectivity index (χ3v) is 3.74. The Labute approximate surface area is 181 Å². The Bertz CT molecular complexity index is 553. The molecule has 0 saturated heterocycles. The molecule has 1 aromatic rings. The zero-order valence-corrected chi connectivity index (χ0v) is 19.6. The van der Waals surface area contributed by atoms with Crippen molar-refractivity contribution in [3.63, 3.8) is 0 Å². The summed E-state index contributed by atoms with van der Waals surface area (Å²) in [4.78, 5) is 4.43. The van der Waals surface area contributed by atoms with E-state index in [9.17, 15) is 5.11 Å². The first-order chi connectivity index (χ1) is 12.5. The fourth-order valence-corrected chi connectivity index (χ4v) is 2.38. The van der Waals surface area contributed by atoms with Gasteiger partial charge in [-0.1, -0.05) is 26.0 Å². The molecule has 27 heavy (non-hydrogen) atoms. The Morgan fingerprint density at radius 1 is 1.22 bits per heavy atom. The van der Waals surface area contributed by atoms with Gasteiger partial charge in [0.25, 0.3) is 0 Å². The van der Waals surface area contributed by atoms with Gasteiger partial charge in [-0.05, 0) is 43.4 Å². The number of rotatable bonds is 11. The Morgan fingerprint density at radius 3 is 2.59 bits per heavy atom. The minimum Gasteiger partial charge on any atom is -0.496 e. The van der Waals surface area contributed by atoms with Crippen LogP contribution in [0.1, 0.15) is 31.9 Å². The summed E-state index contributed by atoms with van der Waals surface area (Å²) in [6, 6.07) is 6.25. The number of aliphatic hydroxyl groups excluding tert-OH is 1. The van der Waals surface area contributed by atoms with Crippen molar-refractivity contribution in [2.45, 2.75) is 40.2 Å². The van der Waals surface area contributed by atoms with Crippen LogP contribution in [0.15, 0.2) is 23.2 Å². The van der Waals surface area contributed by atoms with Gasteiger partial charge in [0.15, 0.2) is 5.96 Å². The Hall–Kier alpha value is -1.06. The molecular formula is C20H36IN3O3. The third kappa shape index (κ3) is 11.4. The molecule has 1 rings (SSSR count). The number of hydrogen-bond donors (Lipinski definition) is 3. The van der Waals surface area contributed by atoms with E-state index >= 15 is 0 Å². The number of hydrogen-bond acceptors (Lipinski definition) is 4. The topological polar surface area (TPSA) is 75.1 Å². The predicted octanol–water partition coefficient (Wildman–Crippen LogP) is 2.75. The van der Waals surface area contributed by atoms with E-state index in [-0.39, 0.29) is 24.0 Å². The summed E-state index contributed by atoms with van der Waals surface area (Å²) < 4.78 is 10.8. The average molecular weight is 493 g/mol. The van der Waals surface area contributed by atoms with E-state index in [0.29, 0.717) is 31.6 Å². The third-order valence-electron chi connectivity index (χ3n) is 3.74. The number of nitrogens with zero attached hydrogens (tertiary/aromatic N) is 1. The number of benzene rings is 1. The highest BCUT2D eigenvalue weighted by Gasteiger charge is 2.06.